The molecule has 1 nitrogen and oxygen atoms in total. The fourth-order valence-electron chi connectivity index (χ4n) is 1.42. The fraction of sp³-hybridized carbons (Fsp3) is 0.154. The second-order valence-electron chi connectivity index (χ2n) is 3.92. The molecular formula is C13H10F3NS. The lowest BCUT2D eigenvalue weighted by Crippen LogP contribution is -1.96. The lowest BCUT2D eigenvalue weighted by atomic mass is 10.2. The van der Waals surface area contributed by atoms with Crippen LogP contribution in [0.1, 0.15) is 11.1 Å². The molecular weight excluding hydrogens is 259 g/mol. The molecule has 1 heterocycles. The van der Waals surface area contributed by atoms with Crippen LogP contribution in [0.15, 0.2) is 34.2 Å². The Morgan fingerprint density at radius 1 is 1.00 bits per heavy atom. The van der Waals surface area contributed by atoms with E-state index in [4.69, 9.17) is 0 Å². The van der Waals surface area contributed by atoms with Crippen molar-refractivity contribution in [3.8, 4) is 0 Å². The number of aryl methyl sites for hydroxylation is 2. The molecule has 2 rings (SSSR count). The first-order valence-electron chi connectivity index (χ1n) is 5.24. The van der Waals surface area contributed by atoms with Crippen molar-refractivity contribution in [1.29, 1.82) is 0 Å². The van der Waals surface area contributed by atoms with E-state index in [1.807, 2.05) is 32.0 Å². The number of nitrogens with zero attached hydrogens (tertiary/aromatic N) is 1. The zero-order valence-corrected chi connectivity index (χ0v) is 10.6. The number of hydrogen-bond donors (Lipinski definition) is 0. The van der Waals surface area contributed by atoms with Gasteiger partial charge in [-0.05, 0) is 31.0 Å². The molecule has 94 valence electrons. The molecule has 0 bridgehead atoms. The average Bonchev–Trinajstić information content (AvgIpc) is 2.30. The maximum Gasteiger partial charge on any atom is 0.250 e. The normalized spacial score (nSPS) is 10.7. The molecule has 1 aromatic carbocycles. The van der Waals surface area contributed by atoms with Gasteiger partial charge in [-0.1, -0.05) is 23.9 Å². The zero-order valence-electron chi connectivity index (χ0n) is 9.80. The van der Waals surface area contributed by atoms with E-state index >= 15 is 0 Å². The molecule has 0 N–H and O–H groups in total. The second-order valence-corrected chi connectivity index (χ2v) is 4.95. The van der Waals surface area contributed by atoms with Gasteiger partial charge in [0, 0.05) is 11.0 Å². The van der Waals surface area contributed by atoms with Crippen LogP contribution in [0.25, 0.3) is 0 Å². The summed E-state index contributed by atoms with van der Waals surface area (Å²) in [6.45, 7) is 3.76. The van der Waals surface area contributed by atoms with Gasteiger partial charge >= 0.3 is 0 Å². The summed E-state index contributed by atoms with van der Waals surface area (Å²) in [5.41, 5.74) is 1.93. The van der Waals surface area contributed by atoms with E-state index in [0.717, 1.165) is 27.8 Å². The topological polar surface area (TPSA) is 12.9 Å². The van der Waals surface area contributed by atoms with Crippen molar-refractivity contribution < 1.29 is 13.2 Å². The Balaban J connectivity index is 2.40. The van der Waals surface area contributed by atoms with Crippen LogP contribution in [-0.4, -0.2) is 4.98 Å². The Bertz CT molecular complexity index is 599. The van der Waals surface area contributed by atoms with Crippen molar-refractivity contribution in [2.75, 3.05) is 0 Å². The predicted octanol–water partition coefficient (Wildman–Crippen LogP) is 4.27. The number of halogens is 3. The van der Waals surface area contributed by atoms with E-state index in [1.54, 1.807) is 0 Å². The molecule has 0 aliphatic carbocycles. The van der Waals surface area contributed by atoms with Gasteiger partial charge < -0.3 is 0 Å². The smallest absolute Gasteiger partial charge is 0.207 e. The highest BCUT2D eigenvalue weighted by molar-refractivity contribution is 7.99. The average molecular weight is 269 g/mol. The van der Waals surface area contributed by atoms with E-state index in [-0.39, 0.29) is 5.03 Å². The Labute approximate surface area is 107 Å². The molecule has 0 aliphatic rings. The van der Waals surface area contributed by atoms with Gasteiger partial charge in [0.25, 0.3) is 0 Å². The number of hydrogen-bond acceptors (Lipinski definition) is 2. The van der Waals surface area contributed by atoms with Crippen LogP contribution in [0.4, 0.5) is 13.2 Å². The molecule has 2 aromatic rings. The number of pyridine rings is 1. The molecule has 0 spiro atoms. The fourth-order valence-corrected chi connectivity index (χ4v) is 2.39. The van der Waals surface area contributed by atoms with Gasteiger partial charge in [-0.15, -0.1) is 0 Å². The first-order valence-corrected chi connectivity index (χ1v) is 6.05. The van der Waals surface area contributed by atoms with Crippen LogP contribution >= 0.6 is 11.8 Å². The molecule has 1 aromatic heterocycles. The molecule has 0 aliphatic heterocycles. The summed E-state index contributed by atoms with van der Waals surface area (Å²) in [7, 11) is 0. The van der Waals surface area contributed by atoms with Crippen LogP contribution in [0, 0.1) is 31.4 Å². The lowest BCUT2D eigenvalue weighted by molar-refractivity contribution is 0.448. The maximum atomic E-state index is 13.5. The van der Waals surface area contributed by atoms with Crippen LogP contribution in [0.3, 0.4) is 0 Å². The summed E-state index contributed by atoms with van der Waals surface area (Å²) >= 11 is 0.985. The molecule has 0 radical (unpaired) electrons. The van der Waals surface area contributed by atoms with Gasteiger partial charge in [0.2, 0.25) is 5.95 Å². The Morgan fingerprint density at radius 3 is 2.44 bits per heavy atom. The number of aromatic nitrogens is 1. The molecule has 0 saturated carbocycles. The highest BCUT2D eigenvalue weighted by atomic mass is 32.2. The Morgan fingerprint density at radius 2 is 1.72 bits per heavy atom. The van der Waals surface area contributed by atoms with Gasteiger partial charge in [0.15, 0.2) is 11.6 Å². The molecule has 0 atom stereocenters. The predicted molar refractivity (Wildman–Crippen MR) is 64.2 cm³/mol. The first-order chi connectivity index (χ1) is 8.47. The van der Waals surface area contributed by atoms with Crippen molar-refractivity contribution in [3.05, 3.63) is 53.0 Å². The molecule has 0 saturated heterocycles. The van der Waals surface area contributed by atoms with E-state index in [0.29, 0.717) is 6.07 Å². The summed E-state index contributed by atoms with van der Waals surface area (Å²) in [4.78, 5) is 4.06. The van der Waals surface area contributed by atoms with Gasteiger partial charge in [-0.2, -0.15) is 4.39 Å². The summed E-state index contributed by atoms with van der Waals surface area (Å²) < 4.78 is 39.2. The van der Waals surface area contributed by atoms with Gasteiger partial charge in [0.1, 0.15) is 5.03 Å². The standard InChI is InChI=1S/C13H10F3NS/c1-7-3-4-8(2)11(5-7)18-13-10(15)6-9(14)12(16)17-13/h3-6H,1-2H3. The molecule has 0 fully saturated rings. The molecule has 0 amide bonds. The van der Waals surface area contributed by atoms with Crippen LogP contribution in [0.2, 0.25) is 0 Å². The van der Waals surface area contributed by atoms with Crippen molar-refractivity contribution in [2.45, 2.75) is 23.8 Å². The van der Waals surface area contributed by atoms with Crippen LogP contribution in [-0.2, 0) is 0 Å². The highest BCUT2D eigenvalue weighted by Crippen LogP contribution is 2.31. The van der Waals surface area contributed by atoms with Crippen molar-refractivity contribution >= 4 is 11.8 Å². The van der Waals surface area contributed by atoms with E-state index in [1.165, 1.54) is 0 Å². The highest BCUT2D eigenvalue weighted by Gasteiger charge is 2.13. The van der Waals surface area contributed by atoms with Gasteiger partial charge in [-0.3, -0.25) is 0 Å². The maximum absolute atomic E-state index is 13.5. The second kappa shape index (κ2) is 5.02. The largest absolute Gasteiger partial charge is 0.250 e. The summed E-state index contributed by atoms with van der Waals surface area (Å²) in [5.74, 6) is -3.43. The van der Waals surface area contributed by atoms with Gasteiger partial charge in [0.05, 0.1) is 0 Å². The quantitative estimate of drug-likeness (QED) is 0.755. The van der Waals surface area contributed by atoms with Crippen molar-refractivity contribution in [1.82, 2.24) is 4.98 Å². The molecule has 5 heteroatoms. The monoisotopic (exact) mass is 269 g/mol. The minimum absolute atomic E-state index is 0.164. The van der Waals surface area contributed by atoms with Crippen molar-refractivity contribution in [3.63, 3.8) is 0 Å². The van der Waals surface area contributed by atoms with Crippen LogP contribution < -0.4 is 0 Å². The van der Waals surface area contributed by atoms with Gasteiger partial charge in [-0.25, -0.2) is 13.8 Å². The zero-order chi connectivity index (χ0) is 13.3. The SMILES string of the molecule is Cc1ccc(C)c(Sc2nc(F)c(F)cc2F)c1. The Hall–Kier alpha value is -1.49. The summed E-state index contributed by atoms with van der Waals surface area (Å²) in [5, 5.41) is -0.164. The molecule has 0 unspecified atom stereocenters. The minimum Gasteiger partial charge on any atom is -0.207 e. The number of rotatable bonds is 2. The first kappa shape index (κ1) is 13.0. The van der Waals surface area contributed by atoms with E-state index in [9.17, 15) is 13.2 Å². The molecule has 18 heavy (non-hydrogen) atoms. The third-order valence-electron chi connectivity index (χ3n) is 2.40. The lowest BCUT2D eigenvalue weighted by Gasteiger charge is -2.07. The summed E-state index contributed by atoms with van der Waals surface area (Å²) in [6.07, 6.45) is 0. The Kier molecular flexibility index (Phi) is 3.61. The third kappa shape index (κ3) is 2.67. The van der Waals surface area contributed by atoms with Crippen molar-refractivity contribution in [2.24, 2.45) is 0 Å². The van der Waals surface area contributed by atoms with E-state index < -0.39 is 17.6 Å². The van der Waals surface area contributed by atoms with E-state index in [2.05, 4.69) is 4.98 Å². The third-order valence-corrected chi connectivity index (χ3v) is 3.54. The summed E-state index contributed by atoms with van der Waals surface area (Å²) in [6, 6.07) is 6.17. The minimum atomic E-state index is -1.29. The van der Waals surface area contributed by atoms with Crippen LogP contribution in [0.5, 0.6) is 0 Å². The number of benzene rings is 1.